The van der Waals surface area contributed by atoms with Gasteiger partial charge in [0.1, 0.15) is 0 Å². The van der Waals surface area contributed by atoms with E-state index in [0.717, 1.165) is 21.6 Å². The lowest BCUT2D eigenvalue weighted by molar-refractivity contribution is -0.116. The van der Waals surface area contributed by atoms with E-state index in [-0.39, 0.29) is 5.91 Å². The quantitative estimate of drug-likeness (QED) is 0.243. The van der Waals surface area contributed by atoms with Crippen molar-refractivity contribution in [1.82, 2.24) is 5.48 Å². The molecule has 7 N–H and O–H groups in total. The van der Waals surface area contributed by atoms with Crippen molar-refractivity contribution in [2.45, 2.75) is 51.9 Å². The molecule has 1 aromatic heterocycles. The smallest absolute Gasteiger partial charge is 0.309 e. The molecular weight excluding hydrogens is 464 g/mol. The minimum absolute atomic E-state index is 0.0539. The van der Waals surface area contributed by atoms with Crippen molar-refractivity contribution in [3.05, 3.63) is 65.0 Å². The highest BCUT2D eigenvalue weighted by molar-refractivity contribution is 7.20. The van der Waals surface area contributed by atoms with Gasteiger partial charge in [-0.3, -0.25) is 14.8 Å². The minimum atomic E-state index is -0.833. The van der Waals surface area contributed by atoms with Crippen LogP contribution in [0.4, 0.5) is 10.5 Å². The Bertz CT molecular complexity index is 1090. The van der Waals surface area contributed by atoms with Gasteiger partial charge in [0, 0.05) is 16.8 Å². The van der Waals surface area contributed by atoms with E-state index >= 15 is 0 Å². The van der Waals surface area contributed by atoms with E-state index in [1.54, 1.807) is 17.6 Å². The van der Waals surface area contributed by atoms with Gasteiger partial charge in [-0.1, -0.05) is 69.4 Å². The van der Waals surface area contributed by atoms with Crippen LogP contribution in [0.2, 0.25) is 0 Å². The Morgan fingerprint density at radius 3 is 2.23 bits per heavy atom. The fourth-order valence-corrected chi connectivity index (χ4v) is 4.65. The standard InChI is InChI=1S/C18H16N2O3S.C7H14.CH4N2O/c21-17(9-6-12-4-2-1-3-5-12)19-14-7-8-15-13(10-14)11-16(24-15)18(22)20-23;1-7-5-3-2-4-6-7;2-1(3)4/h1-5,7-8,10-11,23H,6,9H2,(H,19,21)(H,20,22);7H,2-6H2,1H3;(H4,2,3,4). The third-order valence-corrected chi connectivity index (χ3v) is 6.62. The van der Waals surface area contributed by atoms with Crippen molar-refractivity contribution in [2.24, 2.45) is 17.4 Å². The second-order valence-electron chi connectivity index (χ2n) is 8.48. The maximum Gasteiger partial charge on any atom is 0.309 e. The molecule has 0 bridgehead atoms. The molecule has 4 amide bonds. The molecule has 0 saturated heterocycles. The van der Waals surface area contributed by atoms with Gasteiger partial charge in [-0.25, -0.2) is 10.3 Å². The van der Waals surface area contributed by atoms with Crippen LogP contribution >= 0.6 is 11.3 Å². The molecule has 1 saturated carbocycles. The molecule has 35 heavy (non-hydrogen) atoms. The monoisotopic (exact) mass is 498 g/mol. The largest absolute Gasteiger partial charge is 0.352 e. The summed E-state index contributed by atoms with van der Waals surface area (Å²) in [4.78, 5) is 32.9. The van der Waals surface area contributed by atoms with Gasteiger partial charge in [0.25, 0.3) is 5.91 Å². The van der Waals surface area contributed by atoms with Gasteiger partial charge >= 0.3 is 6.03 Å². The summed E-state index contributed by atoms with van der Waals surface area (Å²) in [6.07, 6.45) is 8.53. The molecule has 0 radical (unpaired) electrons. The van der Waals surface area contributed by atoms with Crippen LogP contribution in [0.1, 0.15) is 60.7 Å². The number of amides is 4. The predicted octanol–water partition coefficient (Wildman–Crippen LogP) is 5.20. The van der Waals surface area contributed by atoms with Crippen LogP contribution < -0.4 is 22.3 Å². The van der Waals surface area contributed by atoms with Crippen molar-refractivity contribution in [3.63, 3.8) is 0 Å². The average molecular weight is 499 g/mol. The van der Waals surface area contributed by atoms with E-state index in [1.165, 1.54) is 43.4 Å². The summed E-state index contributed by atoms with van der Waals surface area (Å²) in [7, 11) is 0. The molecule has 1 heterocycles. The fraction of sp³-hybridized carbons (Fsp3) is 0.346. The second-order valence-corrected chi connectivity index (χ2v) is 9.57. The number of rotatable bonds is 5. The third kappa shape index (κ3) is 10.6. The average Bonchev–Trinajstić information content (AvgIpc) is 3.27. The number of urea groups is 1. The van der Waals surface area contributed by atoms with Crippen molar-refractivity contribution in [1.29, 1.82) is 0 Å². The van der Waals surface area contributed by atoms with Gasteiger partial charge in [-0.05, 0) is 47.6 Å². The van der Waals surface area contributed by atoms with E-state index in [4.69, 9.17) is 10.0 Å². The Morgan fingerprint density at radius 1 is 1.00 bits per heavy atom. The van der Waals surface area contributed by atoms with Crippen LogP contribution in [0.25, 0.3) is 10.1 Å². The van der Waals surface area contributed by atoms with Gasteiger partial charge in [-0.2, -0.15) is 0 Å². The number of anilines is 1. The first-order valence-corrected chi connectivity index (χ1v) is 12.5. The van der Waals surface area contributed by atoms with Crippen LogP contribution in [0.3, 0.4) is 0 Å². The molecule has 0 aliphatic heterocycles. The van der Waals surface area contributed by atoms with E-state index in [0.29, 0.717) is 23.4 Å². The third-order valence-electron chi connectivity index (χ3n) is 5.50. The van der Waals surface area contributed by atoms with Gasteiger partial charge < -0.3 is 16.8 Å². The Labute approximate surface area is 209 Å². The first kappa shape index (κ1) is 27.8. The normalized spacial score (nSPS) is 13.0. The molecule has 3 aromatic rings. The number of benzene rings is 2. The predicted molar refractivity (Wildman–Crippen MR) is 140 cm³/mol. The summed E-state index contributed by atoms with van der Waals surface area (Å²) >= 11 is 1.28. The zero-order valence-electron chi connectivity index (χ0n) is 20.0. The number of nitrogens with one attached hydrogen (secondary N) is 2. The molecule has 1 aliphatic carbocycles. The lowest BCUT2D eigenvalue weighted by Crippen LogP contribution is -2.18. The first-order valence-electron chi connectivity index (χ1n) is 11.6. The number of carbonyl (C=O) groups excluding carboxylic acids is 3. The number of nitrogens with two attached hydrogens (primary N) is 2. The zero-order valence-corrected chi connectivity index (χ0v) is 20.8. The maximum absolute atomic E-state index is 12.1. The summed E-state index contributed by atoms with van der Waals surface area (Å²) in [5, 5.41) is 12.4. The molecule has 4 rings (SSSR count). The number of primary amides is 2. The molecule has 0 atom stereocenters. The Kier molecular flexibility index (Phi) is 11.7. The zero-order chi connectivity index (χ0) is 25.6. The molecule has 9 heteroatoms. The molecular formula is C26H34N4O4S. The number of thiophene rings is 1. The minimum Gasteiger partial charge on any atom is -0.352 e. The highest BCUT2D eigenvalue weighted by atomic mass is 32.1. The molecule has 1 fully saturated rings. The number of hydrogen-bond donors (Lipinski definition) is 5. The van der Waals surface area contributed by atoms with Crippen LogP contribution in [-0.2, 0) is 11.2 Å². The lowest BCUT2D eigenvalue weighted by atomic mass is 9.91. The lowest BCUT2D eigenvalue weighted by Gasteiger charge is -2.15. The highest BCUT2D eigenvalue weighted by Gasteiger charge is 2.10. The summed E-state index contributed by atoms with van der Waals surface area (Å²) in [5.74, 6) is 0.445. The molecule has 2 aromatic carbocycles. The number of fused-ring (bicyclic) bond motifs is 1. The molecule has 8 nitrogen and oxygen atoms in total. The van der Waals surface area contributed by atoms with Gasteiger partial charge in [0.2, 0.25) is 5.91 Å². The van der Waals surface area contributed by atoms with E-state index in [2.05, 4.69) is 23.7 Å². The SMILES string of the molecule is CC1CCCCC1.NC(N)=O.O=C(CCc1ccccc1)Nc1ccc2sc(C(=O)NO)cc2c1. The van der Waals surface area contributed by atoms with Crippen LogP contribution in [-0.4, -0.2) is 23.1 Å². The Balaban J connectivity index is 0.000000325. The van der Waals surface area contributed by atoms with E-state index < -0.39 is 11.9 Å². The first-order chi connectivity index (χ1) is 16.8. The van der Waals surface area contributed by atoms with Crippen molar-refractivity contribution in [2.75, 3.05) is 5.32 Å². The molecule has 188 valence electrons. The highest BCUT2D eigenvalue weighted by Crippen LogP contribution is 2.28. The van der Waals surface area contributed by atoms with Crippen LogP contribution in [0.5, 0.6) is 0 Å². The summed E-state index contributed by atoms with van der Waals surface area (Å²) < 4.78 is 0.913. The summed E-state index contributed by atoms with van der Waals surface area (Å²) in [6.45, 7) is 2.36. The van der Waals surface area contributed by atoms with Gasteiger partial charge in [0.15, 0.2) is 0 Å². The molecule has 0 spiro atoms. The Hall–Kier alpha value is -3.43. The number of aryl methyl sites for hydroxylation is 1. The van der Waals surface area contributed by atoms with Crippen molar-refractivity contribution in [3.8, 4) is 0 Å². The number of hydroxylamine groups is 1. The van der Waals surface area contributed by atoms with Gasteiger partial charge in [-0.15, -0.1) is 11.3 Å². The van der Waals surface area contributed by atoms with Crippen molar-refractivity contribution >= 4 is 45.0 Å². The summed E-state index contributed by atoms with van der Waals surface area (Å²) in [5.41, 5.74) is 11.9. The fourth-order valence-electron chi connectivity index (χ4n) is 3.72. The Morgan fingerprint density at radius 2 is 1.66 bits per heavy atom. The van der Waals surface area contributed by atoms with Crippen LogP contribution in [0, 0.1) is 5.92 Å². The van der Waals surface area contributed by atoms with Gasteiger partial charge in [0.05, 0.1) is 4.88 Å². The van der Waals surface area contributed by atoms with E-state index in [1.807, 2.05) is 42.5 Å². The molecule has 1 aliphatic rings. The molecule has 0 unspecified atom stereocenters. The summed E-state index contributed by atoms with van der Waals surface area (Å²) in [6, 6.07) is 16.2. The van der Waals surface area contributed by atoms with Crippen molar-refractivity contribution < 1.29 is 19.6 Å². The van der Waals surface area contributed by atoms with Crippen LogP contribution in [0.15, 0.2) is 54.6 Å². The topological polar surface area (TPSA) is 148 Å². The van der Waals surface area contributed by atoms with E-state index in [9.17, 15) is 9.59 Å². The second kappa shape index (κ2) is 14.7. The maximum atomic E-state index is 12.1. The number of carbonyl (C=O) groups is 3. The number of hydrogen-bond acceptors (Lipinski definition) is 5.